The van der Waals surface area contributed by atoms with Gasteiger partial charge in [0.05, 0.1) is 5.69 Å². The molecule has 0 saturated heterocycles. The number of amides is 1. The molecule has 4 nitrogen and oxygen atoms in total. The van der Waals surface area contributed by atoms with Crippen LogP contribution in [-0.4, -0.2) is 17.1 Å². The number of hydrogen-bond donors (Lipinski definition) is 1. The Morgan fingerprint density at radius 1 is 1.42 bits per heavy atom. The van der Waals surface area contributed by atoms with Gasteiger partial charge in [-0.15, -0.1) is 0 Å². The van der Waals surface area contributed by atoms with Crippen molar-refractivity contribution in [3.05, 3.63) is 51.8 Å². The first-order valence-corrected chi connectivity index (χ1v) is 6.82. The molecule has 19 heavy (non-hydrogen) atoms. The van der Waals surface area contributed by atoms with Crippen molar-refractivity contribution in [2.45, 2.75) is 26.3 Å². The highest BCUT2D eigenvalue weighted by Crippen LogP contribution is 2.12. The topological polar surface area (TPSA) is 55.1 Å². The van der Waals surface area contributed by atoms with E-state index in [4.69, 9.17) is 4.52 Å². The van der Waals surface area contributed by atoms with Crippen molar-refractivity contribution in [2.24, 2.45) is 0 Å². The minimum atomic E-state index is -0.231. The lowest BCUT2D eigenvalue weighted by molar-refractivity contribution is 0.0903. The summed E-state index contributed by atoms with van der Waals surface area (Å²) in [4.78, 5) is 11.9. The highest BCUT2D eigenvalue weighted by Gasteiger charge is 2.14. The average Bonchev–Trinajstić information content (AvgIpc) is 2.79. The fourth-order valence-electron chi connectivity index (χ4n) is 1.79. The lowest BCUT2D eigenvalue weighted by Gasteiger charge is -2.12. The predicted molar refractivity (Wildman–Crippen MR) is 76.0 cm³/mol. The van der Waals surface area contributed by atoms with Crippen LogP contribution in [0.2, 0.25) is 0 Å². The van der Waals surface area contributed by atoms with Crippen LogP contribution < -0.4 is 5.32 Å². The van der Waals surface area contributed by atoms with Gasteiger partial charge in [0.2, 0.25) is 5.76 Å². The van der Waals surface area contributed by atoms with E-state index in [0.717, 1.165) is 10.9 Å². The molecule has 100 valence electrons. The molecule has 1 atom stereocenters. The Morgan fingerprint density at radius 3 is 2.68 bits per heavy atom. The zero-order chi connectivity index (χ0) is 13.8. The molecule has 0 bridgehead atoms. The fraction of sp³-hybridized carbons (Fsp3) is 0.286. The molecule has 1 N–H and O–H groups in total. The third-order valence-corrected chi connectivity index (χ3v) is 3.21. The summed E-state index contributed by atoms with van der Waals surface area (Å²) in [6.45, 7) is 3.74. The van der Waals surface area contributed by atoms with Gasteiger partial charge in [-0.05, 0) is 38.0 Å². The van der Waals surface area contributed by atoms with Crippen LogP contribution in [-0.2, 0) is 6.42 Å². The van der Waals surface area contributed by atoms with Gasteiger partial charge in [0, 0.05) is 16.6 Å². The minimum Gasteiger partial charge on any atom is -0.351 e. The summed E-state index contributed by atoms with van der Waals surface area (Å²) in [6, 6.07) is 9.70. The molecule has 1 amide bonds. The average molecular weight is 323 g/mol. The number of nitrogens with one attached hydrogen (secondary N) is 1. The van der Waals surface area contributed by atoms with Gasteiger partial charge >= 0.3 is 0 Å². The van der Waals surface area contributed by atoms with Crippen molar-refractivity contribution in [3.8, 4) is 0 Å². The molecule has 2 aromatic rings. The van der Waals surface area contributed by atoms with Gasteiger partial charge < -0.3 is 9.84 Å². The Balaban J connectivity index is 1.92. The maximum absolute atomic E-state index is 11.9. The van der Waals surface area contributed by atoms with Gasteiger partial charge in [-0.1, -0.05) is 33.2 Å². The summed E-state index contributed by atoms with van der Waals surface area (Å²) >= 11 is 3.40. The van der Waals surface area contributed by atoms with Crippen LogP contribution in [0, 0.1) is 6.92 Å². The van der Waals surface area contributed by atoms with Gasteiger partial charge in [-0.25, -0.2) is 0 Å². The second kappa shape index (κ2) is 6.02. The fourth-order valence-corrected chi connectivity index (χ4v) is 2.05. The van der Waals surface area contributed by atoms with Crippen LogP contribution in [0.4, 0.5) is 0 Å². The second-order valence-corrected chi connectivity index (χ2v) is 5.45. The maximum Gasteiger partial charge on any atom is 0.290 e. The molecule has 0 radical (unpaired) electrons. The summed E-state index contributed by atoms with van der Waals surface area (Å²) in [5.74, 6) is 0.0189. The maximum atomic E-state index is 11.9. The van der Waals surface area contributed by atoms with Crippen LogP contribution in [0.15, 0.2) is 39.3 Å². The van der Waals surface area contributed by atoms with Crippen molar-refractivity contribution in [3.63, 3.8) is 0 Å². The Morgan fingerprint density at radius 2 is 2.11 bits per heavy atom. The summed E-state index contributed by atoms with van der Waals surface area (Å²) in [7, 11) is 0. The Hall–Kier alpha value is -1.62. The zero-order valence-corrected chi connectivity index (χ0v) is 12.4. The number of carbonyl (C=O) groups excluding carboxylic acids is 1. The Labute approximate surface area is 120 Å². The van der Waals surface area contributed by atoms with E-state index in [1.165, 1.54) is 5.56 Å². The monoisotopic (exact) mass is 322 g/mol. The number of nitrogens with zero attached hydrogens (tertiary/aromatic N) is 1. The SMILES string of the molecule is Cc1cc(C(=O)N[C@@H](C)Cc2ccc(Br)cc2)on1. The molecule has 1 heterocycles. The predicted octanol–water partition coefficient (Wildman–Crippen LogP) is 3.11. The van der Waals surface area contributed by atoms with E-state index < -0.39 is 0 Å². The summed E-state index contributed by atoms with van der Waals surface area (Å²) in [5, 5.41) is 6.59. The number of benzene rings is 1. The van der Waals surface area contributed by atoms with Gasteiger partial charge in [-0.3, -0.25) is 4.79 Å². The molecular formula is C14H15BrN2O2. The molecule has 0 aliphatic heterocycles. The molecular weight excluding hydrogens is 308 g/mol. The van der Waals surface area contributed by atoms with Crippen LogP contribution in [0.5, 0.6) is 0 Å². The third-order valence-electron chi connectivity index (χ3n) is 2.68. The van der Waals surface area contributed by atoms with Crippen molar-refractivity contribution in [1.29, 1.82) is 0 Å². The van der Waals surface area contributed by atoms with Crippen LogP contribution in [0.25, 0.3) is 0 Å². The Bertz CT molecular complexity index is 563. The van der Waals surface area contributed by atoms with Crippen LogP contribution >= 0.6 is 15.9 Å². The summed E-state index contributed by atoms with van der Waals surface area (Å²) in [5.41, 5.74) is 1.87. The van der Waals surface area contributed by atoms with Crippen molar-refractivity contribution >= 4 is 21.8 Å². The number of hydrogen-bond acceptors (Lipinski definition) is 3. The standard InChI is InChI=1S/C14H15BrN2O2/c1-9(7-11-3-5-12(15)6-4-11)16-14(18)13-8-10(2)17-19-13/h3-6,8-9H,7H2,1-2H3,(H,16,18)/t9-/m0/s1. The number of halogens is 1. The molecule has 5 heteroatoms. The third kappa shape index (κ3) is 3.92. The highest BCUT2D eigenvalue weighted by molar-refractivity contribution is 9.10. The highest BCUT2D eigenvalue weighted by atomic mass is 79.9. The first kappa shape index (κ1) is 13.8. The number of carbonyl (C=O) groups is 1. The van der Waals surface area contributed by atoms with Crippen molar-refractivity contribution in [2.75, 3.05) is 0 Å². The van der Waals surface area contributed by atoms with Crippen LogP contribution in [0.3, 0.4) is 0 Å². The van der Waals surface area contributed by atoms with E-state index >= 15 is 0 Å². The lowest BCUT2D eigenvalue weighted by Crippen LogP contribution is -2.33. The van der Waals surface area contributed by atoms with Crippen LogP contribution in [0.1, 0.15) is 28.7 Å². The van der Waals surface area contributed by atoms with E-state index in [0.29, 0.717) is 5.69 Å². The van der Waals surface area contributed by atoms with Gasteiger partial charge in [0.25, 0.3) is 5.91 Å². The quantitative estimate of drug-likeness (QED) is 0.941. The first-order chi connectivity index (χ1) is 9.04. The lowest BCUT2D eigenvalue weighted by atomic mass is 10.1. The van der Waals surface area contributed by atoms with E-state index in [9.17, 15) is 4.79 Å². The van der Waals surface area contributed by atoms with E-state index in [2.05, 4.69) is 26.4 Å². The summed E-state index contributed by atoms with van der Waals surface area (Å²) in [6.07, 6.45) is 0.770. The summed E-state index contributed by atoms with van der Waals surface area (Å²) < 4.78 is 5.97. The second-order valence-electron chi connectivity index (χ2n) is 4.54. The van der Waals surface area contributed by atoms with E-state index in [1.807, 2.05) is 31.2 Å². The smallest absolute Gasteiger partial charge is 0.290 e. The first-order valence-electron chi connectivity index (χ1n) is 6.03. The van der Waals surface area contributed by atoms with Crippen molar-refractivity contribution in [1.82, 2.24) is 10.5 Å². The Kier molecular flexibility index (Phi) is 4.37. The number of aryl methyl sites for hydroxylation is 1. The molecule has 1 aromatic heterocycles. The number of aromatic nitrogens is 1. The van der Waals surface area contributed by atoms with Crippen molar-refractivity contribution < 1.29 is 9.32 Å². The molecule has 2 rings (SSSR count). The van der Waals surface area contributed by atoms with Gasteiger partial charge in [0.1, 0.15) is 0 Å². The normalized spacial score (nSPS) is 12.2. The van der Waals surface area contributed by atoms with E-state index in [-0.39, 0.29) is 17.7 Å². The molecule has 0 aliphatic rings. The largest absolute Gasteiger partial charge is 0.351 e. The zero-order valence-electron chi connectivity index (χ0n) is 10.8. The minimum absolute atomic E-state index is 0.0269. The molecule has 0 aliphatic carbocycles. The molecule has 0 saturated carbocycles. The number of rotatable bonds is 4. The molecule has 0 spiro atoms. The van der Waals surface area contributed by atoms with Gasteiger partial charge in [0.15, 0.2) is 0 Å². The molecule has 0 fully saturated rings. The molecule has 0 unspecified atom stereocenters. The molecule has 1 aromatic carbocycles. The van der Waals surface area contributed by atoms with E-state index in [1.54, 1.807) is 13.0 Å². The van der Waals surface area contributed by atoms with Gasteiger partial charge in [-0.2, -0.15) is 0 Å².